The highest BCUT2D eigenvalue weighted by molar-refractivity contribution is 5.75. The van der Waals surface area contributed by atoms with Crippen LogP contribution >= 0.6 is 0 Å². The summed E-state index contributed by atoms with van der Waals surface area (Å²) in [5, 5.41) is 11.3. The molecule has 18 heavy (non-hydrogen) atoms. The molecule has 0 aliphatic heterocycles. The van der Waals surface area contributed by atoms with Gasteiger partial charge in [0.2, 0.25) is 0 Å². The van der Waals surface area contributed by atoms with Gasteiger partial charge < -0.3 is 20.1 Å². The quantitative estimate of drug-likeness (QED) is 0.645. The molecule has 2 N–H and O–H groups in total. The van der Waals surface area contributed by atoms with Gasteiger partial charge in [0.25, 0.3) is 0 Å². The number of urea groups is 1. The predicted molar refractivity (Wildman–Crippen MR) is 68.6 cm³/mol. The molecular weight excluding hydrogens is 236 g/mol. The maximum Gasteiger partial charge on any atom is 0.317 e. The summed E-state index contributed by atoms with van der Waals surface area (Å²) >= 11 is 0. The van der Waals surface area contributed by atoms with Crippen molar-refractivity contribution in [3.8, 4) is 0 Å². The summed E-state index contributed by atoms with van der Waals surface area (Å²) in [7, 11) is 0. The molecule has 0 radical (unpaired) electrons. The highest BCUT2D eigenvalue weighted by Crippen LogP contribution is 2.00. The summed E-state index contributed by atoms with van der Waals surface area (Å²) < 4.78 is 5.30. The van der Waals surface area contributed by atoms with Gasteiger partial charge in [0.15, 0.2) is 0 Å². The Labute approximate surface area is 108 Å². The summed E-state index contributed by atoms with van der Waals surface area (Å²) in [6.45, 7) is 8.65. The second-order valence-electron chi connectivity index (χ2n) is 4.58. The van der Waals surface area contributed by atoms with E-state index in [0.29, 0.717) is 13.2 Å². The molecule has 0 fully saturated rings. The summed E-state index contributed by atoms with van der Waals surface area (Å²) in [6, 6.07) is -0.283. The average Bonchev–Trinajstić information content (AvgIpc) is 2.23. The van der Waals surface area contributed by atoms with E-state index in [1.165, 1.54) is 4.90 Å². The van der Waals surface area contributed by atoms with Gasteiger partial charge in [-0.15, -0.1) is 0 Å². The first-order valence-corrected chi connectivity index (χ1v) is 6.22. The molecule has 0 saturated carbocycles. The molecule has 106 valence electrons. The van der Waals surface area contributed by atoms with Gasteiger partial charge in [-0.05, 0) is 27.7 Å². The van der Waals surface area contributed by atoms with Crippen molar-refractivity contribution in [3.05, 3.63) is 0 Å². The van der Waals surface area contributed by atoms with Crippen molar-refractivity contribution in [1.82, 2.24) is 10.2 Å². The van der Waals surface area contributed by atoms with Crippen LogP contribution in [0, 0.1) is 0 Å². The zero-order chi connectivity index (χ0) is 14.1. The molecule has 0 aliphatic rings. The molecule has 0 unspecified atom stereocenters. The molecule has 0 saturated heterocycles. The van der Waals surface area contributed by atoms with Crippen molar-refractivity contribution in [1.29, 1.82) is 0 Å². The highest BCUT2D eigenvalue weighted by Gasteiger charge is 2.17. The van der Waals surface area contributed by atoms with Crippen LogP contribution in [0.5, 0.6) is 0 Å². The fraction of sp³-hybridized carbons (Fsp3) is 0.833. The zero-order valence-electron chi connectivity index (χ0n) is 11.6. The molecular formula is C12H24N2O4. The number of nitrogens with zero attached hydrogens (tertiary/aromatic N) is 1. The summed E-state index contributed by atoms with van der Waals surface area (Å²) in [6.07, 6.45) is 0.0868. The van der Waals surface area contributed by atoms with Crippen LogP contribution in [0.1, 0.15) is 34.1 Å². The van der Waals surface area contributed by atoms with Gasteiger partial charge in [-0.1, -0.05) is 0 Å². The minimum atomic E-state index is -0.906. The van der Waals surface area contributed by atoms with Crippen molar-refractivity contribution < 1.29 is 19.4 Å². The van der Waals surface area contributed by atoms with Gasteiger partial charge in [0.1, 0.15) is 0 Å². The number of amides is 2. The standard InChI is InChI=1S/C12H24N2O4/c1-9(2)14(7-5-11(15)16)12(17)13-6-8-18-10(3)4/h9-10H,5-8H2,1-4H3,(H,13,17)(H,15,16). The van der Waals surface area contributed by atoms with E-state index < -0.39 is 5.97 Å². The van der Waals surface area contributed by atoms with Crippen LogP contribution in [0.2, 0.25) is 0 Å². The number of carbonyl (C=O) groups is 2. The van der Waals surface area contributed by atoms with Gasteiger partial charge in [0.05, 0.1) is 19.1 Å². The first-order chi connectivity index (χ1) is 8.34. The fourth-order valence-electron chi connectivity index (χ4n) is 1.36. The van der Waals surface area contributed by atoms with Crippen molar-refractivity contribution in [2.24, 2.45) is 0 Å². The van der Waals surface area contributed by atoms with Crippen LogP contribution in [-0.2, 0) is 9.53 Å². The Morgan fingerprint density at radius 3 is 2.33 bits per heavy atom. The topological polar surface area (TPSA) is 78.9 Å². The Bertz CT molecular complexity index is 267. The lowest BCUT2D eigenvalue weighted by Crippen LogP contribution is -2.45. The Kier molecular flexibility index (Phi) is 8.11. The minimum Gasteiger partial charge on any atom is -0.481 e. The largest absolute Gasteiger partial charge is 0.481 e. The van der Waals surface area contributed by atoms with Gasteiger partial charge in [-0.2, -0.15) is 0 Å². The average molecular weight is 260 g/mol. The summed E-state index contributed by atoms with van der Waals surface area (Å²) in [4.78, 5) is 23.8. The van der Waals surface area contributed by atoms with E-state index >= 15 is 0 Å². The van der Waals surface area contributed by atoms with Gasteiger partial charge in [-0.3, -0.25) is 4.79 Å². The number of rotatable bonds is 8. The number of nitrogens with one attached hydrogen (secondary N) is 1. The monoisotopic (exact) mass is 260 g/mol. The van der Waals surface area contributed by atoms with Gasteiger partial charge in [-0.25, -0.2) is 4.79 Å². The van der Waals surface area contributed by atoms with Crippen molar-refractivity contribution in [3.63, 3.8) is 0 Å². The maximum absolute atomic E-state index is 11.8. The van der Waals surface area contributed by atoms with Crippen LogP contribution in [0.25, 0.3) is 0 Å². The molecule has 2 amide bonds. The van der Waals surface area contributed by atoms with E-state index in [9.17, 15) is 9.59 Å². The third-order valence-corrected chi connectivity index (χ3v) is 2.28. The second-order valence-corrected chi connectivity index (χ2v) is 4.58. The lowest BCUT2D eigenvalue weighted by molar-refractivity contribution is -0.137. The Morgan fingerprint density at radius 2 is 1.89 bits per heavy atom. The van der Waals surface area contributed by atoms with E-state index in [1.54, 1.807) is 0 Å². The second kappa shape index (κ2) is 8.74. The molecule has 0 aliphatic carbocycles. The fourth-order valence-corrected chi connectivity index (χ4v) is 1.36. The van der Waals surface area contributed by atoms with Crippen molar-refractivity contribution in [2.75, 3.05) is 19.7 Å². The highest BCUT2D eigenvalue weighted by atomic mass is 16.5. The smallest absolute Gasteiger partial charge is 0.317 e. The summed E-state index contributed by atoms with van der Waals surface area (Å²) in [5.74, 6) is -0.906. The Balaban J connectivity index is 4.02. The number of hydrogen-bond acceptors (Lipinski definition) is 3. The van der Waals surface area contributed by atoms with Crippen LogP contribution in [0.4, 0.5) is 4.79 Å². The normalized spacial score (nSPS) is 10.8. The molecule has 6 nitrogen and oxygen atoms in total. The Hall–Kier alpha value is -1.30. The molecule has 0 heterocycles. The first-order valence-electron chi connectivity index (χ1n) is 6.22. The Morgan fingerprint density at radius 1 is 1.28 bits per heavy atom. The SMILES string of the molecule is CC(C)OCCNC(=O)N(CCC(=O)O)C(C)C. The molecule has 0 spiro atoms. The van der Waals surface area contributed by atoms with Gasteiger partial charge in [0, 0.05) is 19.1 Å². The minimum absolute atomic E-state index is 0.0321. The molecule has 0 atom stereocenters. The van der Waals surface area contributed by atoms with E-state index in [-0.39, 0.29) is 31.1 Å². The molecule has 0 rings (SSSR count). The zero-order valence-corrected chi connectivity index (χ0v) is 11.6. The molecule has 0 bridgehead atoms. The third kappa shape index (κ3) is 7.89. The maximum atomic E-state index is 11.8. The van der Waals surface area contributed by atoms with Crippen LogP contribution in [0.15, 0.2) is 0 Å². The first kappa shape index (κ1) is 16.7. The van der Waals surface area contributed by atoms with Crippen LogP contribution < -0.4 is 5.32 Å². The van der Waals surface area contributed by atoms with Gasteiger partial charge >= 0.3 is 12.0 Å². The predicted octanol–water partition coefficient (Wildman–Crippen LogP) is 1.31. The van der Waals surface area contributed by atoms with Crippen LogP contribution in [-0.4, -0.2) is 53.8 Å². The summed E-state index contributed by atoms with van der Waals surface area (Å²) in [5.41, 5.74) is 0. The number of hydrogen-bond donors (Lipinski definition) is 2. The lowest BCUT2D eigenvalue weighted by Gasteiger charge is -2.26. The number of carboxylic acid groups (broad SMARTS) is 1. The van der Waals surface area contributed by atoms with E-state index in [2.05, 4.69) is 5.32 Å². The van der Waals surface area contributed by atoms with E-state index in [1.807, 2.05) is 27.7 Å². The van der Waals surface area contributed by atoms with Crippen molar-refractivity contribution >= 4 is 12.0 Å². The molecule has 6 heteroatoms. The van der Waals surface area contributed by atoms with E-state index in [4.69, 9.17) is 9.84 Å². The number of carbonyl (C=O) groups excluding carboxylic acids is 1. The number of ether oxygens (including phenoxy) is 1. The number of carboxylic acids is 1. The third-order valence-electron chi connectivity index (χ3n) is 2.28. The molecule has 0 aromatic rings. The van der Waals surface area contributed by atoms with Crippen LogP contribution in [0.3, 0.4) is 0 Å². The van der Waals surface area contributed by atoms with Crippen molar-refractivity contribution in [2.45, 2.75) is 46.3 Å². The lowest BCUT2D eigenvalue weighted by atomic mass is 10.3. The molecule has 0 aromatic heterocycles. The number of aliphatic carboxylic acids is 1. The van der Waals surface area contributed by atoms with E-state index in [0.717, 1.165) is 0 Å². The molecule has 0 aromatic carbocycles.